The Morgan fingerprint density at radius 2 is 0.512 bits per heavy atom. The molecule has 0 aliphatic carbocycles. The first-order valence-corrected chi connectivity index (χ1v) is 50.1. The van der Waals surface area contributed by atoms with Crippen LogP contribution in [0, 0.1) is 0 Å². The van der Waals surface area contributed by atoms with Gasteiger partial charge in [0.15, 0.2) is 49.6 Å². The first-order chi connectivity index (χ1) is 54.5. The smallest absolute Gasteiger partial charge is 0.397 e. The van der Waals surface area contributed by atoms with Gasteiger partial charge in [-0.3, -0.25) is 79.4 Å². The molecule has 4 heterocycles. The second-order valence-corrected chi connectivity index (χ2v) is 37.1. The monoisotopic (exact) mass is 2150 g/mol. The van der Waals surface area contributed by atoms with Crippen molar-refractivity contribution in [1.82, 2.24) is 0 Å². The van der Waals surface area contributed by atoms with Crippen molar-refractivity contribution in [2.24, 2.45) is 0 Å². The van der Waals surface area contributed by atoms with E-state index in [1.807, 2.05) is 0 Å². The third kappa shape index (κ3) is 42.2. The first-order valence-electron chi connectivity index (χ1n) is 28.1. The van der Waals surface area contributed by atoms with Gasteiger partial charge in [-0.1, -0.05) is 0 Å². The third-order valence-electron chi connectivity index (χ3n) is 13.3. The van der Waals surface area contributed by atoms with Crippen LogP contribution in [0.4, 0.5) is 0 Å². The molecule has 0 aromatic carbocycles. The van der Waals surface area contributed by atoms with Gasteiger partial charge in [-0.2, -0.15) is 92.6 Å². The number of rotatable bonds is 53. The highest BCUT2D eigenvalue weighted by atomic mass is 32.3. The topological polar surface area (TPSA) is 1120 Å². The van der Waals surface area contributed by atoms with Crippen LogP contribution in [0.1, 0.15) is 0 Å². The molecule has 0 bridgehead atoms. The van der Waals surface area contributed by atoms with Crippen molar-refractivity contribution in [2.75, 3.05) is 39.6 Å². The summed E-state index contributed by atoms with van der Waals surface area (Å²) in [5.74, 6) is 0. The summed E-state index contributed by atoms with van der Waals surface area (Å²) < 4.78 is 667. The summed E-state index contributed by atoms with van der Waals surface area (Å²) in [6.07, 6.45) is -83.0. The summed E-state index contributed by atoms with van der Waals surface area (Å²) in [6.45, 7) is -13.5. The molecule has 121 heavy (non-hydrogen) atoms. The molecule has 4 fully saturated rings. The standard InChI is InChI=1S/C30H54O73S18/c31-104(32)82-5-9-16(96-114(54,55)56)22(101-119(69,70)71)26(103-121(75,76)77)30(86-9)79-2-8-15(95-113(51,52)53)21(100-118(66,67)68)24(93-110(43)44)28(85-8)81-4-12(94-112(48,49)50)18(98-116(60,61)62)17(97-115(57,58)59)11(88-105(33)34)3-80-29-25(102-120(72,73)74)20(99-117(63,64)65)14(90-107(37)38)7(84-29)1-78-27-23(92-109(41)42)19(91-108(39)40)13(89-106(35)36)10(87-27)6-83-111(45,46)47/h7-30H,1-6H2,(H,31,32)(H,33,34)(H,35,36)(H,37,38)(H,39,40)(H,41,42)(H,43,44)(H,45,46,47)(H,48,49,50)(H,51,52,53)(H,54,55,56)(H,57,58,59)(H,60,61,62)(H,63,64,65)(H,66,67,68)(H,69,70,71)(H,72,73,74)(H,75,76,77)/p-7/t7-,8-,9-,10-,11-,12-,13-,14-,15-,16-,17-,18-,19+,20+,21+,22+,23-,24-,25-,26-,27-,28-,29-,30-/m1/s1. The molecule has 91 heteroatoms. The van der Waals surface area contributed by atoms with Gasteiger partial charge in [0.1, 0.15) is 97.7 Å². The van der Waals surface area contributed by atoms with Crippen molar-refractivity contribution in [3.8, 4) is 0 Å². The minimum atomic E-state index is -6.95. The van der Waals surface area contributed by atoms with Crippen LogP contribution in [0.3, 0.4) is 0 Å². The van der Waals surface area contributed by atoms with Crippen LogP contribution in [-0.2, 0) is 307 Å². The molecule has 11 N–H and O–H groups in total. The van der Waals surface area contributed by atoms with Gasteiger partial charge in [0.2, 0.25) is 0 Å². The molecule has 31 atom stereocenters. The Kier molecular flexibility index (Phi) is 42.3. The van der Waals surface area contributed by atoms with Gasteiger partial charge >= 0.3 is 114 Å². The van der Waals surface area contributed by atoms with Crippen molar-refractivity contribution < 1.29 is 317 Å². The lowest BCUT2D eigenvalue weighted by Crippen LogP contribution is -2.65. The highest BCUT2D eigenvalue weighted by molar-refractivity contribution is 7.83. The van der Waals surface area contributed by atoms with E-state index in [9.17, 15) is 204 Å². The fourth-order valence-electron chi connectivity index (χ4n) is 9.92. The van der Waals surface area contributed by atoms with Crippen LogP contribution in [0.25, 0.3) is 0 Å². The van der Waals surface area contributed by atoms with E-state index in [0.717, 1.165) is 0 Å². The Balaban J connectivity index is 2.07. The zero-order valence-electron chi connectivity index (χ0n) is 55.7. The van der Waals surface area contributed by atoms with Crippen LogP contribution >= 0.6 is 0 Å². The highest BCUT2D eigenvalue weighted by Crippen LogP contribution is 2.39. The lowest BCUT2D eigenvalue weighted by atomic mass is 9.98. The molecule has 0 aromatic rings. The molecular formula is C30H47O73S18-7. The highest BCUT2D eigenvalue weighted by Gasteiger charge is 2.60. The average molecular weight is 2150 g/mol. The summed E-state index contributed by atoms with van der Waals surface area (Å²) in [5, 5.41) is 0. The predicted molar refractivity (Wildman–Crippen MR) is 338 cm³/mol. The largest absolute Gasteiger partial charge is 0.750 e. The Morgan fingerprint density at radius 3 is 0.851 bits per heavy atom. The van der Waals surface area contributed by atoms with Crippen molar-refractivity contribution >= 4 is 194 Å². The maximum atomic E-state index is 12.8. The van der Waals surface area contributed by atoms with Gasteiger partial charge in [-0.05, 0) is 0 Å². The van der Waals surface area contributed by atoms with Crippen molar-refractivity contribution in [1.29, 1.82) is 0 Å². The fourth-order valence-corrected chi connectivity index (χ4v) is 17.8. The molecule has 7 unspecified atom stereocenters. The van der Waals surface area contributed by atoms with Gasteiger partial charge in [0.25, 0.3) is 0 Å². The van der Waals surface area contributed by atoms with Crippen LogP contribution < -0.4 is 0 Å². The van der Waals surface area contributed by atoms with E-state index < -0.39 is 381 Å². The van der Waals surface area contributed by atoms with Gasteiger partial charge in [0, 0.05) is 0 Å². The molecule has 0 amide bonds. The van der Waals surface area contributed by atoms with E-state index in [2.05, 4.69) is 75.3 Å². The Labute approximate surface area is 693 Å². The van der Waals surface area contributed by atoms with Gasteiger partial charge in [0.05, 0.1) is 119 Å². The maximum absolute atomic E-state index is 12.8. The Hall–Kier alpha value is -1.26. The van der Waals surface area contributed by atoms with Crippen molar-refractivity contribution in [2.45, 2.75) is 147 Å². The molecule has 720 valence electrons. The van der Waals surface area contributed by atoms with Crippen molar-refractivity contribution in [3.05, 3.63) is 0 Å². The Morgan fingerprint density at radius 1 is 0.256 bits per heavy atom. The quantitative estimate of drug-likeness (QED) is 0.0199. The normalized spacial score (nSPS) is 31.6. The summed E-state index contributed by atoms with van der Waals surface area (Å²) >= 11 is -29.8. The summed E-state index contributed by atoms with van der Waals surface area (Å²) in [4.78, 5) is 0. The minimum absolute atomic E-state index is 1.86. The molecular weight excluding hydrogens is 2110 g/mol. The number of hydrogen-bond acceptors (Lipinski definition) is 62. The molecule has 0 radical (unpaired) electrons. The van der Waals surface area contributed by atoms with E-state index in [1.54, 1.807) is 0 Å². The van der Waals surface area contributed by atoms with E-state index in [-0.39, 0.29) is 0 Å². The maximum Gasteiger partial charge on any atom is 0.397 e. The van der Waals surface area contributed by atoms with Crippen LogP contribution in [0.5, 0.6) is 0 Å². The predicted octanol–water partition coefficient (Wildman–Crippen LogP) is -15.5. The van der Waals surface area contributed by atoms with Gasteiger partial charge in [-0.25, -0.2) is 75.5 Å². The minimum Gasteiger partial charge on any atom is -0.750 e. The zero-order valence-corrected chi connectivity index (χ0v) is 70.4. The van der Waals surface area contributed by atoms with E-state index in [4.69, 9.17) is 37.9 Å². The SMILES string of the molecule is O=S([O-])OC[C@H]1O[C@@H](OC[C@H]2O[C@@H](OC[C@@H](OS(=O)(=O)O)[C@@H](OS(=O)(=O)O)[C@H](OS(=O)(=O)O)[C@@H](CO[C@@H]3O[C@H](CO[C@@H]4O[C@H](COS(=O)(=O)O)[C@@H](OS(=O)[O-])[C@H](OS(=O)[O-])[C@H]4OS(=O)[O-])[C@@H](OS(=O)[O-])[C@H](OS(=O)(=O)O)[C@H]3OS(=O)(=O)O)OS(=O)[O-])[C@H](OS(=O)[O-])[C@@H](OS(=O)(=O)O)[C@@H]2OS(=O)(=O)O)[C@H](OS(=O)(=O)O)[C@@H](OS(=O)(=O)O)[C@@H]1OS(=O)(=O)O. The van der Waals surface area contributed by atoms with E-state index in [1.165, 1.54) is 0 Å². The third-order valence-corrected chi connectivity index (χ3v) is 21.1. The van der Waals surface area contributed by atoms with Crippen LogP contribution in [-0.4, -0.2) is 391 Å². The molecule has 73 nitrogen and oxygen atoms in total. The molecule has 4 saturated heterocycles. The molecule has 0 aromatic heterocycles. The Bertz CT molecular complexity index is 5000. The molecule has 4 aliphatic heterocycles. The number of ether oxygens (including phenoxy) is 8. The van der Waals surface area contributed by atoms with Crippen molar-refractivity contribution in [3.63, 3.8) is 0 Å². The lowest BCUT2D eigenvalue weighted by molar-refractivity contribution is -0.321. The molecule has 0 saturated carbocycles. The van der Waals surface area contributed by atoms with Gasteiger partial charge < -0.3 is 69.8 Å². The zero-order chi connectivity index (χ0) is 93.0. The second-order valence-electron chi connectivity index (χ2n) is 21.3. The average Bonchev–Trinajstić information content (AvgIpc) is 0.765. The molecule has 4 rings (SSSR count). The summed E-state index contributed by atoms with van der Waals surface area (Å²) in [6, 6.07) is 0. The first kappa shape index (κ1) is 112. The lowest BCUT2D eigenvalue weighted by Gasteiger charge is -2.47. The second kappa shape index (κ2) is 45.7. The molecule has 0 spiro atoms. The molecule has 4 aliphatic rings. The van der Waals surface area contributed by atoms with Crippen LogP contribution in [0.2, 0.25) is 0 Å². The summed E-state index contributed by atoms with van der Waals surface area (Å²) in [7, 11) is -71.8. The van der Waals surface area contributed by atoms with Crippen LogP contribution in [0.15, 0.2) is 0 Å². The summed E-state index contributed by atoms with van der Waals surface area (Å²) in [5.41, 5.74) is 0. The fraction of sp³-hybridized carbons (Fsp3) is 1.00. The number of hydrogen-bond donors (Lipinski definition) is 11. The van der Waals surface area contributed by atoms with E-state index >= 15 is 0 Å². The van der Waals surface area contributed by atoms with E-state index in [0.29, 0.717) is 0 Å². The van der Waals surface area contributed by atoms with Gasteiger partial charge in [-0.15, -0.1) is 0 Å².